The molecule has 8 heteroatoms. The third-order valence-corrected chi connectivity index (χ3v) is 5.17. The summed E-state index contributed by atoms with van der Waals surface area (Å²) in [6, 6.07) is 9.56. The molecule has 1 aromatic carbocycles. The van der Waals surface area contributed by atoms with Gasteiger partial charge in [-0.15, -0.1) is 12.4 Å². The second-order valence-electron chi connectivity index (χ2n) is 7.04. The summed E-state index contributed by atoms with van der Waals surface area (Å²) >= 11 is 0. The molecule has 1 unspecified atom stereocenters. The van der Waals surface area contributed by atoms with Crippen molar-refractivity contribution in [1.29, 1.82) is 0 Å². The average molecular weight is 422 g/mol. The van der Waals surface area contributed by atoms with Crippen LogP contribution in [0.25, 0.3) is 0 Å². The number of hydrogen-bond donors (Lipinski definition) is 2. The minimum absolute atomic E-state index is 0. The van der Waals surface area contributed by atoms with Crippen LogP contribution in [0.15, 0.2) is 36.5 Å². The maximum absolute atomic E-state index is 12.5. The summed E-state index contributed by atoms with van der Waals surface area (Å²) in [6.45, 7) is 9.87. The van der Waals surface area contributed by atoms with Crippen molar-refractivity contribution in [3.8, 4) is 5.75 Å². The Morgan fingerprint density at radius 2 is 2.03 bits per heavy atom. The maximum Gasteiger partial charge on any atom is 0.276 e. The van der Waals surface area contributed by atoms with Crippen LogP contribution in [-0.2, 0) is 0 Å². The van der Waals surface area contributed by atoms with Gasteiger partial charge >= 0.3 is 0 Å². The predicted molar refractivity (Wildman–Crippen MR) is 118 cm³/mol. The van der Waals surface area contributed by atoms with Gasteiger partial charge in [0.2, 0.25) is 0 Å². The second kappa shape index (κ2) is 11.8. The van der Waals surface area contributed by atoms with Crippen LogP contribution in [0.4, 0.5) is 5.69 Å². The van der Waals surface area contributed by atoms with Crippen LogP contribution in [0.1, 0.15) is 43.2 Å². The van der Waals surface area contributed by atoms with Crippen molar-refractivity contribution in [2.24, 2.45) is 0 Å². The Kier molecular flexibility index (Phi) is 9.44. The Morgan fingerprint density at radius 1 is 1.28 bits per heavy atom. The van der Waals surface area contributed by atoms with Crippen molar-refractivity contribution >= 4 is 24.0 Å². The zero-order chi connectivity index (χ0) is 19.8. The molecule has 1 aliphatic heterocycles. The highest BCUT2D eigenvalue weighted by atomic mass is 35.5. The second-order valence-corrected chi connectivity index (χ2v) is 7.04. The minimum Gasteiger partial charge on any atom is -0.492 e. The summed E-state index contributed by atoms with van der Waals surface area (Å²) in [4.78, 5) is 14.8. The Morgan fingerprint density at radius 3 is 2.69 bits per heavy atom. The third kappa shape index (κ3) is 6.73. The van der Waals surface area contributed by atoms with Crippen molar-refractivity contribution in [1.82, 2.24) is 20.0 Å². The number of piperidine rings is 1. The van der Waals surface area contributed by atoms with Gasteiger partial charge in [-0.05, 0) is 62.8 Å². The van der Waals surface area contributed by atoms with Gasteiger partial charge in [0.05, 0.1) is 6.04 Å². The number of likely N-dealkylation sites (N-methyl/N-ethyl adjacent to an activating group) is 1. The van der Waals surface area contributed by atoms with Gasteiger partial charge in [0.15, 0.2) is 5.69 Å². The highest BCUT2D eigenvalue weighted by Gasteiger charge is 2.17. The van der Waals surface area contributed by atoms with E-state index in [-0.39, 0.29) is 18.3 Å². The van der Waals surface area contributed by atoms with Crippen molar-refractivity contribution in [3.05, 3.63) is 42.2 Å². The molecule has 0 saturated carbocycles. The number of halogens is 1. The molecule has 0 spiro atoms. The molecule has 0 radical (unpaired) electrons. The van der Waals surface area contributed by atoms with Crippen molar-refractivity contribution < 1.29 is 9.53 Å². The average Bonchev–Trinajstić information content (AvgIpc) is 3.24. The Labute approximate surface area is 179 Å². The molecule has 160 valence electrons. The standard InChI is InChI=1S/C21H31N5O2.ClH/c1-3-25(4-2)14-15-28-19-9-7-17(8-10-19)23-21(27)20-11-13-26(24-20)18-6-5-12-22-16-18;/h7-11,13,18,22H,3-6,12,14-16H2,1-2H3,(H,23,27);1H. The van der Waals surface area contributed by atoms with Crippen LogP contribution in [0.2, 0.25) is 0 Å². The van der Waals surface area contributed by atoms with Crippen LogP contribution >= 0.6 is 12.4 Å². The molecule has 2 N–H and O–H groups in total. The lowest BCUT2D eigenvalue weighted by molar-refractivity contribution is 0.102. The smallest absolute Gasteiger partial charge is 0.276 e. The number of ether oxygens (including phenoxy) is 1. The molecule has 1 atom stereocenters. The number of amides is 1. The van der Waals surface area contributed by atoms with Gasteiger partial charge in [-0.3, -0.25) is 9.48 Å². The van der Waals surface area contributed by atoms with Crippen molar-refractivity contribution in [2.45, 2.75) is 32.7 Å². The number of carbonyl (C=O) groups is 1. The van der Waals surface area contributed by atoms with E-state index in [4.69, 9.17) is 4.74 Å². The van der Waals surface area contributed by atoms with Crippen LogP contribution in [0.3, 0.4) is 0 Å². The van der Waals surface area contributed by atoms with E-state index in [9.17, 15) is 4.79 Å². The van der Waals surface area contributed by atoms with E-state index in [1.807, 2.05) is 35.1 Å². The van der Waals surface area contributed by atoms with Gasteiger partial charge in [-0.2, -0.15) is 5.10 Å². The van der Waals surface area contributed by atoms with Crippen LogP contribution in [-0.4, -0.2) is 59.9 Å². The van der Waals surface area contributed by atoms with E-state index in [2.05, 4.69) is 34.5 Å². The molecule has 1 amide bonds. The zero-order valence-corrected chi connectivity index (χ0v) is 18.1. The zero-order valence-electron chi connectivity index (χ0n) is 17.3. The molecule has 2 aromatic rings. The van der Waals surface area contributed by atoms with E-state index >= 15 is 0 Å². The SMILES string of the molecule is CCN(CC)CCOc1ccc(NC(=O)c2ccn(C3CCCNC3)n2)cc1.Cl. The number of nitrogens with one attached hydrogen (secondary N) is 2. The topological polar surface area (TPSA) is 71.4 Å². The summed E-state index contributed by atoms with van der Waals surface area (Å²) in [5, 5.41) is 10.7. The third-order valence-electron chi connectivity index (χ3n) is 5.17. The minimum atomic E-state index is -0.197. The van der Waals surface area contributed by atoms with E-state index in [1.54, 1.807) is 6.07 Å². The van der Waals surface area contributed by atoms with Crippen molar-refractivity contribution in [2.75, 3.05) is 44.6 Å². The summed E-state index contributed by atoms with van der Waals surface area (Å²) < 4.78 is 7.68. The van der Waals surface area contributed by atoms with Gasteiger partial charge in [-0.25, -0.2) is 0 Å². The fraction of sp³-hybridized carbons (Fsp3) is 0.524. The molecule has 3 rings (SSSR count). The molecule has 1 aromatic heterocycles. The molecular formula is C21H32ClN5O2. The molecule has 1 saturated heterocycles. The fourth-order valence-electron chi connectivity index (χ4n) is 3.38. The van der Waals surface area contributed by atoms with Gasteiger partial charge in [0.1, 0.15) is 12.4 Å². The molecule has 7 nitrogen and oxygen atoms in total. The van der Waals surface area contributed by atoms with E-state index < -0.39 is 0 Å². The summed E-state index contributed by atoms with van der Waals surface area (Å²) in [6.07, 6.45) is 4.11. The normalized spacial score (nSPS) is 16.3. The molecule has 0 bridgehead atoms. The van der Waals surface area contributed by atoms with Crippen LogP contribution in [0, 0.1) is 0 Å². The highest BCUT2D eigenvalue weighted by molar-refractivity contribution is 6.02. The van der Waals surface area contributed by atoms with E-state index in [0.717, 1.165) is 57.0 Å². The Hall–Kier alpha value is -2.09. The Bertz CT molecular complexity index is 740. The monoisotopic (exact) mass is 421 g/mol. The number of carbonyl (C=O) groups excluding carboxylic acids is 1. The number of hydrogen-bond acceptors (Lipinski definition) is 5. The number of nitrogens with zero attached hydrogens (tertiary/aromatic N) is 3. The first-order chi connectivity index (χ1) is 13.7. The van der Waals surface area contributed by atoms with E-state index in [1.165, 1.54) is 0 Å². The largest absolute Gasteiger partial charge is 0.492 e. The van der Waals surface area contributed by atoms with Crippen LogP contribution in [0.5, 0.6) is 5.75 Å². The predicted octanol–water partition coefficient (Wildman–Crippen LogP) is 3.20. The van der Waals surface area contributed by atoms with Gasteiger partial charge in [0.25, 0.3) is 5.91 Å². The van der Waals surface area contributed by atoms with Gasteiger partial charge in [0, 0.05) is 25.0 Å². The van der Waals surface area contributed by atoms with Gasteiger partial charge in [-0.1, -0.05) is 13.8 Å². The number of benzene rings is 1. The summed E-state index contributed by atoms with van der Waals surface area (Å²) in [7, 11) is 0. The quantitative estimate of drug-likeness (QED) is 0.650. The molecule has 1 fully saturated rings. The lowest BCUT2D eigenvalue weighted by Crippen LogP contribution is -2.32. The molecule has 1 aliphatic rings. The highest BCUT2D eigenvalue weighted by Crippen LogP contribution is 2.18. The molecular weight excluding hydrogens is 390 g/mol. The molecule has 0 aliphatic carbocycles. The number of rotatable bonds is 9. The Balaban J connectivity index is 0.00000300. The van der Waals surface area contributed by atoms with Crippen molar-refractivity contribution in [3.63, 3.8) is 0 Å². The summed E-state index contributed by atoms with van der Waals surface area (Å²) in [5.74, 6) is 0.608. The van der Waals surface area contributed by atoms with E-state index in [0.29, 0.717) is 18.3 Å². The first kappa shape index (κ1) is 23.2. The lowest BCUT2D eigenvalue weighted by atomic mass is 10.1. The molecule has 29 heavy (non-hydrogen) atoms. The fourth-order valence-corrected chi connectivity index (χ4v) is 3.38. The number of aromatic nitrogens is 2. The molecule has 2 heterocycles. The number of anilines is 1. The van der Waals surface area contributed by atoms with Crippen LogP contribution < -0.4 is 15.4 Å². The first-order valence-electron chi connectivity index (χ1n) is 10.2. The lowest BCUT2D eigenvalue weighted by Gasteiger charge is -2.22. The summed E-state index contributed by atoms with van der Waals surface area (Å²) in [5.41, 5.74) is 1.17. The maximum atomic E-state index is 12.5. The van der Waals surface area contributed by atoms with Gasteiger partial charge < -0.3 is 20.3 Å². The first-order valence-corrected chi connectivity index (χ1v) is 10.2.